The van der Waals surface area contributed by atoms with Gasteiger partial charge in [0.15, 0.2) is 5.78 Å². The molecule has 29 heavy (non-hydrogen) atoms. The molecule has 1 heterocycles. The maximum absolute atomic E-state index is 12.1. The lowest BCUT2D eigenvalue weighted by atomic mass is 9.96. The summed E-state index contributed by atoms with van der Waals surface area (Å²) >= 11 is 0. The van der Waals surface area contributed by atoms with E-state index in [2.05, 4.69) is 55.5 Å². The second-order valence-corrected chi connectivity index (χ2v) is 6.72. The summed E-state index contributed by atoms with van der Waals surface area (Å²) in [4.78, 5) is 16.9. The minimum absolute atomic E-state index is 0.0587. The number of nitrogens with zero attached hydrogens (tertiary/aromatic N) is 1. The van der Waals surface area contributed by atoms with Gasteiger partial charge < -0.3 is 0 Å². The van der Waals surface area contributed by atoms with Gasteiger partial charge in [-0.15, -0.1) is 0 Å². The van der Waals surface area contributed by atoms with Crippen LogP contribution < -0.4 is 0 Å². The van der Waals surface area contributed by atoms with Crippen molar-refractivity contribution in [2.75, 3.05) is 0 Å². The van der Waals surface area contributed by atoms with Crippen molar-refractivity contribution in [2.24, 2.45) is 0 Å². The van der Waals surface area contributed by atoms with Crippen LogP contribution in [0.15, 0.2) is 78.9 Å². The largest absolute Gasteiger partial charge is 0.294 e. The molecule has 146 valence electrons. The van der Waals surface area contributed by atoms with Gasteiger partial charge in [-0.2, -0.15) is 0 Å². The van der Waals surface area contributed by atoms with Crippen LogP contribution in [0.2, 0.25) is 0 Å². The van der Waals surface area contributed by atoms with Crippen LogP contribution >= 0.6 is 0 Å². The van der Waals surface area contributed by atoms with E-state index < -0.39 is 0 Å². The number of aryl methyl sites for hydroxylation is 1. The number of hydrogen-bond acceptors (Lipinski definition) is 2. The first kappa shape index (κ1) is 20.5. The van der Waals surface area contributed by atoms with E-state index in [4.69, 9.17) is 4.98 Å². The number of fused-ring (bicyclic) bond motifs is 1. The highest BCUT2D eigenvalue weighted by molar-refractivity contribution is 6.07. The highest BCUT2D eigenvalue weighted by atomic mass is 16.1. The van der Waals surface area contributed by atoms with Gasteiger partial charge in [-0.3, -0.25) is 4.79 Å². The molecule has 1 aromatic heterocycles. The molecule has 0 saturated carbocycles. The molecule has 0 unspecified atom stereocenters. The zero-order valence-electron chi connectivity index (χ0n) is 17.6. The van der Waals surface area contributed by atoms with Crippen molar-refractivity contribution >= 4 is 16.7 Å². The fourth-order valence-electron chi connectivity index (χ4n) is 3.55. The fourth-order valence-corrected chi connectivity index (χ4v) is 3.55. The average molecular weight is 382 g/mol. The van der Waals surface area contributed by atoms with Crippen LogP contribution in [-0.4, -0.2) is 10.8 Å². The van der Waals surface area contributed by atoms with Gasteiger partial charge in [0.25, 0.3) is 0 Å². The molecule has 4 aromatic rings. The van der Waals surface area contributed by atoms with Crippen LogP contribution in [0.25, 0.3) is 33.3 Å². The van der Waals surface area contributed by atoms with Crippen LogP contribution in [-0.2, 0) is 6.42 Å². The van der Waals surface area contributed by atoms with Crippen molar-refractivity contribution in [2.45, 2.75) is 34.1 Å². The average Bonchev–Trinajstić information content (AvgIpc) is 2.79. The number of rotatable bonds is 4. The Kier molecular flexibility index (Phi) is 6.56. The van der Waals surface area contributed by atoms with E-state index in [1.54, 1.807) is 6.92 Å². The van der Waals surface area contributed by atoms with Gasteiger partial charge in [0.2, 0.25) is 0 Å². The molecule has 4 rings (SSSR count). The molecule has 0 aliphatic carbocycles. The van der Waals surface area contributed by atoms with E-state index in [-0.39, 0.29) is 5.78 Å². The Hall–Kier alpha value is -3.26. The van der Waals surface area contributed by atoms with Gasteiger partial charge in [0.1, 0.15) is 0 Å². The highest BCUT2D eigenvalue weighted by Gasteiger charge is 2.11. The molecule has 2 nitrogen and oxygen atoms in total. The number of benzene rings is 3. The maximum Gasteiger partial charge on any atom is 0.160 e. The third-order valence-corrected chi connectivity index (χ3v) is 4.99. The number of carbonyl (C=O) groups excluding carboxylic acids is 1. The van der Waals surface area contributed by atoms with Crippen molar-refractivity contribution < 1.29 is 4.79 Å². The minimum atomic E-state index is 0.0587. The molecule has 0 saturated heterocycles. The van der Waals surface area contributed by atoms with Gasteiger partial charge in [0.05, 0.1) is 11.2 Å². The summed E-state index contributed by atoms with van der Waals surface area (Å²) < 4.78 is 0. The third kappa shape index (κ3) is 4.27. The zero-order valence-corrected chi connectivity index (χ0v) is 17.6. The smallest absolute Gasteiger partial charge is 0.160 e. The van der Waals surface area contributed by atoms with Crippen LogP contribution in [0.5, 0.6) is 0 Å². The van der Waals surface area contributed by atoms with E-state index >= 15 is 0 Å². The molecule has 2 heteroatoms. The Morgan fingerprint density at radius 1 is 0.828 bits per heavy atom. The van der Waals surface area contributed by atoms with Crippen LogP contribution in [0.1, 0.15) is 43.6 Å². The second kappa shape index (κ2) is 9.29. The highest BCUT2D eigenvalue weighted by Crippen LogP contribution is 2.29. The molecular formula is C27H27NO. The summed E-state index contributed by atoms with van der Waals surface area (Å²) in [5.74, 6) is 0.0587. The number of Topliss-reactive ketones (excluding diaryl/α,β-unsaturated/α-hetero) is 1. The molecule has 0 aliphatic rings. The Balaban J connectivity index is 0.00000117. The van der Waals surface area contributed by atoms with Gasteiger partial charge in [-0.1, -0.05) is 87.5 Å². The quantitative estimate of drug-likeness (QED) is 0.346. The summed E-state index contributed by atoms with van der Waals surface area (Å²) in [6, 6.07) is 26.6. The first-order valence-corrected chi connectivity index (χ1v) is 10.3. The Morgan fingerprint density at radius 3 is 2.14 bits per heavy atom. The standard InChI is InChI=1S/C25H21NO.C2H6/c1-3-18-8-4-5-9-21(18)19-12-14-20(15-13-19)25-16-23(17(2)27)22-10-6-7-11-24(22)26-25;1-2/h4-16H,3H2,1-2H3;1-2H3. The van der Waals surface area contributed by atoms with Gasteiger partial charge in [-0.05, 0) is 42.2 Å². The zero-order chi connectivity index (χ0) is 20.8. The second-order valence-electron chi connectivity index (χ2n) is 6.72. The summed E-state index contributed by atoms with van der Waals surface area (Å²) in [6.07, 6.45) is 1.01. The van der Waals surface area contributed by atoms with Crippen molar-refractivity contribution in [3.8, 4) is 22.4 Å². The molecule has 0 bridgehead atoms. The lowest BCUT2D eigenvalue weighted by Gasteiger charge is -2.10. The maximum atomic E-state index is 12.1. The molecule has 0 amide bonds. The van der Waals surface area contributed by atoms with Gasteiger partial charge >= 0.3 is 0 Å². The Labute approximate surface area is 173 Å². The first-order chi connectivity index (χ1) is 14.2. The summed E-state index contributed by atoms with van der Waals surface area (Å²) in [6.45, 7) is 7.78. The van der Waals surface area contributed by atoms with Crippen molar-refractivity contribution in [3.63, 3.8) is 0 Å². The molecule has 3 aromatic carbocycles. The summed E-state index contributed by atoms with van der Waals surface area (Å²) in [5.41, 5.74) is 7.21. The molecule has 0 spiro atoms. The summed E-state index contributed by atoms with van der Waals surface area (Å²) in [7, 11) is 0. The third-order valence-electron chi connectivity index (χ3n) is 4.99. The van der Waals surface area contributed by atoms with E-state index in [0.29, 0.717) is 0 Å². The van der Waals surface area contributed by atoms with E-state index in [1.165, 1.54) is 16.7 Å². The molecule has 0 radical (unpaired) electrons. The van der Waals surface area contributed by atoms with Crippen LogP contribution in [0, 0.1) is 0 Å². The molecular weight excluding hydrogens is 354 g/mol. The number of pyridine rings is 1. The normalized spacial score (nSPS) is 10.3. The predicted molar refractivity (Wildman–Crippen MR) is 123 cm³/mol. The number of ketones is 1. The number of hydrogen-bond donors (Lipinski definition) is 0. The SMILES string of the molecule is CC.CCc1ccccc1-c1ccc(-c2cc(C(C)=O)c3ccccc3n2)cc1. The molecule has 0 N–H and O–H groups in total. The van der Waals surface area contributed by atoms with E-state index in [1.807, 2.05) is 44.2 Å². The number of para-hydroxylation sites is 1. The number of carbonyl (C=O) groups is 1. The van der Waals surface area contributed by atoms with Crippen molar-refractivity contribution in [1.29, 1.82) is 0 Å². The first-order valence-electron chi connectivity index (χ1n) is 10.3. The van der Waals surface area contributed by atoms with Gasteiger partial charge in [0, 0.05) is 16.5 Å². The molecule has 0 atom stereocenters. The van der Waals surface area contributed by atoms with Crippen molar-refractivity contribution in [1.82, 2.24) is 4.98 Å². The molecule has 0 aliphatic heterocycles. The minimum Gasteiger partial charge on any atom is -0.294 e. The van der Waals surface area contributed by atoms with E-state index in [9.17, 15) is 4.79 Å². The van der Waals surface area contributed by atoms with Crippen LogP contribution in [0.4, 0.5) is 0 Å². The summed E-state index contributed by atoms with van der Waals surface area (Å²) in [5, 5.41) is 0.905. The van der Waals surface area contributed by atoms with Gasteiger partial charge in [-0.25, -0.2) is 4.98 Å². The van der Waals surface area contributed by atoms with Crippen molar-refractivity contribution in [3.05, 3.63) is 90.0 Å². The lowest BCUT2D eigenvalue weighted by molar-refractivity contribution is 0.101. The van der Waals surface area contributed by atoms with E-state index in [0.717, 1.165) is 34.1 Å². The topological polar surface area (TPSA) is 30.0 Å². The monoisotopic (exact) mass is 381 g/mol. The molecule has 0 fully saturated rings. The Morgan fingerprint density at radius 2 is 1.45 bits per heavy atom. The van der Waals surface area contributed by atoms with Crippen LogP contribution in [0.3, 0.4) is 0 Å². The Bertz CT molecular complexity index is 1130. The number of aromatic nitrogens is 1. The predicted octanol–water partition coefficient (Wildman–Crippen LogP) is 7.36. The lowest BCUT2D eigenvalue weighted by Crippen LogP contribution is -1.97. The fraction of sp³-hybridized carbons (Fsp3) is 0.185.